The average Bonchev–Trinajstić information content (AvgIpc) is 2.53. The van der Waals surface area contributed by atoms with Crippen LogP contribution >= 0.6 is 0 Å². The normalized spacial score (nSPS) is 33.8. The van der Waals surface area contributed by atoms with E-state index in [-0.39, 0.29) is 17.6 Å². The molecule has 3 nitrogen and oxygen atoms in total. The average molecular weight is 283 g/mol. The minimum Gasteiger partial charge on any atom is -0.390 e. The maximum Gasteiger partial charge on any atom is 0.0896 e. The Kier molecular flexibility index (Phi) is 4.83. The van der Waals surface area contributed by atoms with E-state index in [4.69, 9.17) is 4.74 Å². The Morgan fingerprint density at radius 3 is 2.10 bits per heavy atom. The van der Waals surface area contributed by atoms with Gasteiger partial charge in [0.15, 0.2) is 0 Å². The zero-order valence-corrected chi connectivity index (χ0v) is 14.0. The number of hydrogen-bond donors (Lipinski definition) is 1. The van der Waals surface area contributed by atoms with Crippen LogP contribution in [0.15, 0.2) is 0 Å². The third-order valence-electron chi connectivity index (χ3n) is 5.44. The monoisotopic (exact) mass is 283 g/mol. The van der Waals surface area contributed by atoms with E-state index in [1.54, 1.807) is 0 Å². The van der Waals surface area contributed by atoms with Gasteiger partial charge in [-0.15, -0.1) is 0 Å². The Bertz CT molecular complexity index is 321. The third-order valence-corrected chi connectivity index (χ3v) is 5.44. The lowest BCUT2D eigenvalue weighted by molar-refractivity contribution is -0.0916. The summed E-state index contributed by atoms with van der Waals surface area (Å²) in [5.74, 6) is 0.194. The quantitative estimate of drug-likeness (QED) is 0.860. The summed E-state index contributed by atoms with van der Waals surface area (Å²) in [7, 11) is 0. The highest BCUT2D eigenvalue weighted by Gasteiger charge is 2.53. The summed E-state index contributed by atoms with van der Waals surface area (Å²) in [6, 6.07) is 0.709. The molecule has 2 unspecified atom stereocenters. The van der Waals surface area contributed by atoms with Crippen LogP contribution in [0.2, 0.25) is 0 Å². The molecule has 2 aliphatic rings. The minimum absolute atomic E-state index is 0.194. The zero-order chi connectivity index (χ0) is 15.0. The van der Waals surface area contributed by atoms with Gasteiger partial charge in [-0.25, -0.2) is 0 Å². The van der Waals surface area contributed by atoms with Crippen molar-refractivity contribution in [3.8, 4) is 0 Å². The van der Waals surface area contributed by atoms with Gasteiger partial charge in [0.2, 0.25) is 0 Å². The first-order chi connectivity index (χ1) is 9.28. The highest BCUT2D eigenvalue weighted by molar-refractivity contribution is 5.02. The number of aliphatic hydroxyl groups excluding tert-OH is 1. The van der Waals surface area contributed by atoms with Gasteiger partial charge in [-0.3, -0.25) is 0 Å². The molecule has 1 heterocycles. The van der Waals surface area contributed by atoms with Crippen LogP contribution < -0.4 is 0 Å². The van der Waals surface area contributed by atoms with E-state index in [1.165, 1.54) is 32.1 Å². The Morgan fingerprint density at radius 2 is 1.65 bits per heavy atom. The highest BCUT2D eigenvalue weighted by Crippen LogP contribution is 2.43. The van der Waals surface area contributed by atoms with Gasteiger partial charge in [0.25, 0.3) is 0 Å². The molecule has 20 heavy (non-hydrogen) atoms. The van der Waals surface area contributed by atoms with Gasteiger partial charge in [-0.05, 0) is 47.1 Å². The summed E-state index contributed by atoms with van der Waals surface area (Å²) in [4.78, 5) is 2.58. The van der Waals surface area contributed by atoms with E-state index in [2.05, 4.69) is 25.7 Å². The minimum atomic E-state index is -0.430. The highest BCUT2D eigenvalue weighted by atomic mass is 16.5. The Morgan fingerprint density at radius 1 is 1.05 bits per heavy atom. The van der Waals surface area contributed by atoms with Crippen molar-refractivity contribution in [2.45, 2.75) is 90.1 Å². The van der Waals surface area contributed by atoms with Gasteiger partial charge in [-0.2, -0.15) is 0 Å². The molecule has 1 aliphatic carbocycles. The van der Waals surface area contributed by atoms with Crippen molar-refractivity contribution in [2.75, 3.05) is 13.1 Å². The Labute approximate surface area is 124 Å². The number of hydrogen-bond acceptors (Lipinski definition) is 3. The zero-order valence-electron chi connectivity index (χ0n) is 14.0. The second-order valence-corrected chi connectivity index (χ2v) is 7.74. The molecule has 2 rings (SSSR count). The lowest BCUT2D eigenvalue weighted by atomic mass is 9.83. The molecule has 0 bridgehead atoms. The fourth-order valence-electron chi connectivity index (χ4n) is 4.23. The molecule has 1 aliphatic heterocycles. The van der Waals surface area contributed by atoms with Crippen molar-refractivity contribution < 1.29 is 9.84 Å². The molecule has 0 spiro atoms. The van der Waals surface area contributed by atoms with E-state index in [9.17, 15) is 5.11 Å². The van der Waals surface area contributed by atoms with Crippen molar-refractivity contribution in [1.82, 2.24) is 4.90 Å². The number of rotatable bonds is 4. The Balaban J connectivity index is 2.06. The first-order valence-electron chi connectivity index (χ1n) is 8.40. The SMILES string of the molecule is CCN(CC1C(O)C(C)(C)OC1(C)C)C1CCCCC1. The fraction of sp³-hybridized carbons (Fsp3) is 1.00. The van der Waals surface area contributed by atoms with Gasteiger partial charge in [0, 0.05) is 18.5 Å². The third kappa shape index (κ3) is 3.20. The number of nitrogens with zero attached hydrogens (tertiary/aromatic N) is 1. The molecule has 0 aromatic heterocycles. The van der Waals surface area contributed by atoms with E-state index in [1.807, 2.05) is 13.8 Å². The van der Waals surface area contributed by atoms with Crippen molar-refractivity contribution in [1.29, 1.82) is 0 Å². The molecule has 0 radical (unpaired) electrons. The second-order valence-electron chi connectivity index (χ2n) is 7.74. The number of ether oxygens (including phenoxy) is 1. The van der Waals surface area contributed by atoms with Crippen LogP contribution in [0.5, 0.6) is 0 Å². The van der Waals surface area contributed by atoms with Crippen LogP contribution in [0.3, 0.4) is 0 Å². The van der Waals surface area contributed by atoms with Crippen LogP contribution in [-0.2, 0) is 4.74 Å². The number of aliphatic hydroxyl groups is 1. The maximum absolute atomic E-state index is 10.6. The van der Waals surface area contributed by atoms with E-state index < -0.39 is 5.60 Å². The molecule has 3 heteroatoms. The standard InChI is InChI=1S/C17H33NO2/c1-6-18(13-10-8-7-9-11-13)12-14-15(19)17(4,5)20-16(14,2)3/h13-15,19H,6-12H2,1-5H3. The predicted octanol–water partition coefficient (Wildman–Crippen LogP) is 3.21. The molecule has 1 N–H and O–H groups in total. The van der Waals surface area contributed by atoms with Gasteiger partial charge in [-0.1, -0.05) is 26.2 Å². The van der Waals surface area contributed by atoms with E-state index in [0.29, 0.717) is 6.04 Å². The van der Waals surface area contributed by atoms with Gasteiger partial charge < -0.3 is 14.7 Å². The van der Waals surface area contributed by atoms with Gasteiger partial charge in [0.1, 0.15) is 0 Å². The largest absolute Gasteiger partial charge is 0.390 e. The Hall–Kier alpha value is -0.120. The first kappa shape index (κ1) is 16.3. The van der Waals surface area contributed by atoms with Gasteiger partial charge >= 0.3 is 0 Å². The smallest absolute Gasteiger partial charge is 0.0896 e. The van der Waals surface area contributed by atoms with Crippen molar-refractivity contribution in [2.24, 2.45) is 5.92 Å². The van der Waals surface area contributed by atoms with Crippen LogP contribution in [0.1, 0.15) is 66.7 Å². The summed E-state index contributed by atoms with van der Waals surface area (Å²) < 4.78 is 6.12. The topological polar surface area (TPSA) is 32.7 Å². The summed E-state index contributed by atoms with van der Waals surface area (Å²) in [5, 5.41) is 10.6. The molecule has 2 fully saturated rings. The molecular weight excluding hydrogens is 250 g/mol. The molecule has 0 amide bonds. The fourth-order valence-corrected chi connectivity index (χ4v) is 4.23. The molecule has 2 atom stereocenters. The molecule has 0 aromatic carbocycles. The lowest BCUT2D eigenvalue weighted by Crippen LogP contribution is -2.47. The van der Waals surface area contributed by atoms with Crippen LogP contribution in [0, 0.1) is 5.92 Å². The second kappa shape index (κ2) is 5.94. The summed E-state index contributed by atoms with van der Waals surface area (Å²) in [5.41, 5.74) is -0.675. The molecule has 0 aromatic rings. The molecular formula is C17H33NO2. The van der Waals surface area contributed by atoms with E-state index in [0.717, 1.165) is 13.1 Å². The van der Waals surface area contributed by atoms with Crippen molar-refractivity contribution in [3.05, 3.63) is 0 Å². The first-order valence-corrected chi connectivity index (χ1v) is 8.40. The van der Waals surface area contributed by atoms with Crippen molar-refractivity contribution >= 4 is 0 Å². The van der Waals surface area contributed by atoms with E-state index >= 15 is 0 Å². The van der Waals surface area contributed by atoms with Crippen LogP contribution in [0.25, 0.3) is 0 Å². The lowest BCUT2D eigenvalue weighted by Gasteiger charge is -2.38. The van der Waals surface area contributed by atoms with Crippen LogP contribution in [0.4, 0.5) is 0 Å². The summed E-state index contributed by atoms with van der Waals surface area (Å²) in [6.07, 6.45) is 6.37. The molecule has 1 saturated heterocycles. The summed E-state index contributed by atoms with van der Waals surface area (Å²) in [6.45, 7) is 12.6. The summed E-state index contributed by atoms with van der Waals surface area (Å²) >= 11 is 0. The van der Waals surface area contributed by atoms with Crippen LogP contribution in [-0.4, -0.2) is 46.4 Å². The molecule has 1 saturated carbocycles. The van der Waals surface area contributed by atoms with Gasteiger partial charge in [0.05, 0.1) is 17.3 Å². The molecule has 118 valence electrons. The van der Waals surface area contributed by atoms with Crippen molar-refractivity contribution in [3.63, 3.8) is 0 Å². The maximum atomic E-state index is 10.6. The predicted molar refractivity (Wildman–Crippen MR) is 82.9 cm³/mol.